The van der Waals surface area contributed by atoms with E-state index in [0.29, 0.717) is 37.5 Å². The highest BCUT2D eigenvalue weighted by molar-refractivity contribution is 7.89. The molecule has 0 saturated carbocycles. The van der Waals surface area contributed by atoms with E-state index in [1.165, 1.54) is 15.9 Å². The van der Waals surface area contributed by atoms with Crippen molar-refractivity contribution in [2.24, 2.45) is 5.92 Å². The number of hydrogen-bond acceptors (Lipinski definition) is 4. The van der Waals surface area contributed by atoms with E-state index in [1.807, 2.05) is 24.3 Å². The van der Waals surface area contributed by atoms with E-state index in [0.717, 1.165) is 31.5 Å². The number of likely N-dealkylation sites (tertiary alicyclic amines) is 1. The molecule has 2 aliphatic rings. The summed E-state index contributed by atoms with van der Waals surface area (Å²) in [4.78, 5) is 15.1. The first-order valence-electron chi connectivity index (χ1n) is 10.6. The average Bonchev–Trinajstić information content (AvgIpc) is 2.77. The molecule has 7 heteroatoms. The largest absolute Gasteiger partial charge is 0.352 e. The zero-order valence-corrected chi connectivity index (χ0v) is 18.2. The zero-order chi connectivity index (χ0) is 21.1. The summed E-state index contributed by atoms with van der Waals surface area (Å²) in [7, 11) is -1.56. The third kappa shape index (κ3) is 4.58. The van der Waals surface area contributed by atoms with Gasteiger partial charge in [0.2, 0.25) is 10.0 Å². The van der Waals surface area contributed by atoms with Crippen molar-refractivity contribution in [3.05, 3.63) is 65.2 Å². The molecule has 0 aromatic heterocycles. The normalized spacial score (nSPS) is 20.5. The van der Waals surface area contributed by atoms with Crippen LogP contribution in [-0.2, 0) is 23.0 Å². The van der Waals surface area contributed by atoms with Gasteiger partial charge in [-0.3, -0.25) is 4.79 Å². The molecule has 4 rings (SSSR count). The first-order chi connectivity index (χ1) is 14.4. The first kappa shape index (κ1) is 21.0. The van der Waals surface area contributed by atoms with Crippen LogP contribution in [0.2, 0.25) is 0 Å². The topological polar surface area (TPSA) is 69.7 Å². The lowest BCUT2D eigenvalue weighted by Gasteiger charge is -2.29. The van der Waals surface area contributed by atoms with Gasteiger partial charge < -0.3 is 10.2 Å². The van der Waals surface area contributed by atoms with E-state index in [1.54, 1.807) is 18.2 Å². The molecule has 2 aromatic carbocycles. The van der Waals surface area contributed by atoms with E-state index in [4.69, 9.17) is 0 Å². The summed E-state index contributed by atoms with van der Waals surface area (Å²) in [5.41, 5.74) is 2.63. The molecule has 1 fully saturated rings. The Hall–Kier alpha value is -2.22. The second-order valence-corrected chi connectivity index (χ2v) is 10.3. The van der Waals surface area contributed by atoms with Crippen LogP contribution in [-0.4, -0.2) is 56.8 Å². The molecule has 1 atom stereocenters. The number of rotatable bonds is 5. The Morgan fingerprint density at radius 2 is 1.90 bits per heavy atom. The Morgan fingerprint density at radius 3 is 2.70 bits per heavy atom. The van der Waals surface area contributed by atoms with Crippen molar-refractivity contribution >= 4 is 15.9 Å². The predicted molar refractivity (Wildman–Crippen MR) is 117 cm³/mol. The van der Waals surface area contributed by atoms with Gasteiger partial charge in [-0.2, -0.15) is 4.31 Å². The number of benzene rings is 2. The first-order valence-corrected chi connectivity index (χ1v) is 12.0. The second-order valence-electron chi connectivity index (χ2n) is 8.37. The summed E-state index contributed by atoms with van der Waals surface area (Å²) in [5.74, 6) is 0.220. The summed E-state index contributed by atoms with van der Waals surface area (Å²) >= 11 is 0. The molecule has 160 valence electrons. The maximum absolute atomic E-state index is 13.2. The van der Waals surface area contributed by atoms with E-state index in [9.17, 15) is 13.2 Å². The van der Waals surface area contributed by atoms with Gasteiger partial charge >= 0.3 is 0 Å². The van der Waals surface area contributed by atoms with E-state index in [-0.39, 0.29) is 10.8 Å². The minimum atomic E-state index is -3.66. The summed E-state index contributed by atoms with van der Waals surface area (Å²) in [6.45, 7) is 3.51. The quantitative estimate of drug-likeness (QED) is 0.796. The van der Waals surface area contributed by atoms with Gasteiger partial charge in [-0.15, -0.1) is 0 Å². The minimum absolute atomic E-state index is 0.173. The molecule has 0 radical (unpaired) electrons. The van der Waals surface area contributed by atoms with Crippen molar-refractivity contribution in [1.82, 2.24) is 14.5 Å². The standard InChI is InChI=1S/C23H29N3O3S/c1-25-12-5-6-18(16-25)15-24-23(27)20-9-4-10-22(14-20)30(28,29)26-13-11-19-7-2-3-8-21(19)17-26/h2-4,7-10,14,18H,5-6,11-13,15-17H2,1H3,(H,24,27). The number of amides is 1. The monoisotopic (exact) mass is 427 g/mol. The van der Waals surface area contributed by atoms with Crippen LogP contribution < -0.4 is 5.32 Å². The van der Waals surface area contributed by atoms with Gasteiger partial charge in [-0.05, 0) is 68.1 Å². The molecular weight excluding hydrogens is 398 g/mol. The Kier molecular flexibility index (Phi) is 6.22. The minimum Gasteiger partial charge on any atom is -0.352 e. The smallest absolute Gasteiger partial charge is 0.251 e. The number of nitrogens with one attached hydrogen (secondary N) is 1. The summed E-state index contributed by atoms with van der Waals surface area (Å²) in [6, 6.07) is 14.3. The fourth-order valence-electron chi connectivity index (χ4n) is 4.40. The molecule has 1 saturated heterocycles. The second kappa shape index (κ2) is 8.88. The van der Waals surface area contributed by atoms with Crippen molar-refractivity contribution in [1.29, 1.82) is 0 Å². The van der Waals surface area contributed by atoms with Gasteiger partial charge in [-0.1, -0.05) is 30.3 Å². The van der Waals surface area contributed by atoms with E-state index >= 15 is 0 Å². The van der Waals surface area contributed by atoms with Gasteiger partial charge in [0.1, 0.15) is 0 Å². The number of sulfonamides is 1. The van der Waals surface area contributed by atoms with Crippen LogP contribution in [0.25, 0.3) is 0 Å². The van der Waals surface area contributed by atoms with E-state index in [2.05, 4.69) is 17.3 Å². The van der Waals surface area contributed by atoms with Crippen molar-refractivity contribution in [3.63, 3.8) is 0 Å². The van der Waals surface area contributed by atoms with Crippen molar-refractivity contribution in [2.45, 2.75) is 30.7 Å². The maximum atomic E-state index is 13.2. The van der Waals surface area contributed by atoms with Crippen LogP contribution in [0.15, 0.2) is 53.4 Å². The molecule has 30 heavy (non-hydrogen) atoms. The summed E-state index contributed by atoms with van der Waals surface area (Å²) < 4.78 is 27.9. The van der Waals surface area contributed by atoms with Gasteiger partial charge in [0.25, 0.3) is 5.91 Å². The number of carbonyl (C=O) groups excluding carboxylic acids is 1. The van der Waals surface area contributed by atoms with Gasteiger partial charge in [0, 0.05) is 31.7 Å². The maximum Gasteiger partial charge on any atom is 0.251 e. The third-order valence-electron chi connectivity index (χ3n) is 6.10. The molecule has 0 aliphatic carbocycles. The Morgan fingerprint density at radius 1 is 1.10 bits per heavy atom. The van der Waals surface area contributed by atoms with Crippen LogP contribution in [0.1, 0.15) is 34.3 Å². The molecule has 0 spiro atoms. The van der Waals surface area contributed by atoms with Crippen LogP contribution in [0.5, 0.6) is 0 Å². The zero-order valence-electron chi connectivity index (χ0n) is 17.4. The number of carbonyl (C=O) groups is 1. The highest BCUT2D eigenvalue weighted by atomic mass is 32.2. The lowest BCUT2D eigenvalue weighted by molar-refractivity contribution is 0.0936. The van der Waals surface area contributed by atoms with Crippen LogP contribution in [0.4, 0.5) is 0 Å². The summed E-state index contributed by atoms with van der Waals surface area (Å²) in [6.07, 6.45) is 2.95. The molecule has 1 unspecified atom stereocenters. The van der Waals surface area contributed by atoms with Gasteiger partial charge in [0.05, 0.1) is 4.90 Å². The fraction of sp³-hybridized carbons (Fsp3) is 0.435. The summed E-state index contributed by atoms with van der Waals surface area (Å²) in [5, 5.41) is 2.99. The van der Waals surface area contributed by atoms with Gasteiger partial charge in [0.15, 0.2) is 0 Å². The van der Waals surface area contributed by atoms with Crippen LogP contribution >= 0.6 is 0 Å². The van der Waals surface area contributed by atoms with E-state index < -0.39 is 10.0 Å². The number of piperidine rings is 1. The Bertz CT molecular complexity index is 1020. The third-order valence-corrected chi connectivity index (χ3v) is 7.94. The van der Waals surface area contributed by atoms with Crippen LogP contribution in [0, 0.1) is 5.92 Å². The number of nitrogens with zero attached hydrogens (tertiary/aromatic N) is 2. The van der Waals surface area contributed by atoms with Crippen molar-refractivity contribution in [3.8, 4) is 0 Å². The SMILES string of the molecule is CN1CCCC(CNC(=O)c2cccc(S(=O)(=O)N3CCc4ccccc4C3)c2)C1. The molecule has 0 bridgehead atoms. The molecule has 2 aromatic rings. The van der Waals surface area contributed by atoms with Crippen molar-refractivity contribution in [2.75, 3.05) is 33.2 Å². The fourth-order valence-corrected chi connectivity index (χ4v) is 5.87. The average molecular weight is 428 g/mol. The molecule has 2 aliphatic heterocycles. The Labute approximate surface area is 178 Å². The van der Waals surface area contributed by atoms with Crippen molar-refractivity contribution < 1.29 is 13.2 Å². The Balaban J connectivity index is 1.45. The lowest BCUT2D eigenvalue weighted by Crippen LogP contribution is -2.39. The number of hydrogen-bond donors (Lipinski definition) is 1. The molecular formula is C23H29N3O3S. The predicted octanol–water partition coefficient (Wildman–Crippen LogP) is 2.51. The van der Waals surface area contributed by atoms with Crippen LogP contribution in [0.3, 0.4) is 0 Å². The molecule has 6 nitrogen and oxygen atoms in total. The molecule has 1 amide bonds. The molecule has 2 heterocycles. The highest BCUT2D eigenvalue weighted by Crippen LogP contribution is 2.25. The molecule has 1 N–H and O–H groups in total. The van der Waals surface area contributed by atoms with Gasteiger partial charge in [-0.25, -0.2) is 8.42 Å². The number of fused-ring (bicyclic) bond motifs is 1. The lowest BCUT2D eigenvalue weighted by atomic mass is 9.98. The highest BCUT2D eigenvalue weighted by Gasteiger charge is 2.28.